The summed E-state index contributed by atoms with van der Waals surface area (Å²) in [6.45, 7) is 4.15. The number of aromatic nitrogens is 2. The van der Waals surface area contributed by atoms with E-state index in [-0.39, 0.29) is 11.8 Å². The number of amides is 2. The number of nitrogens with zero attached hydrogens (tertiary/aromatic N) is 4. The third-order valence-corrected chi connectivity index (χ3v) is 7.93. The monoisotopic (exact) mass is 594 g/mol. The van der Waals surface area contributed by atoms with Gasteiger partial charge in [-0.05, 0) is 54.8 Å². The summed E-state index contributed by atoms with van der Waals surface area (Å²) in [5, 5.41) is 3.07. The molecule has 8 nitrogen and oxygen atoms in total. The maximum absolute atomic E-state index is 13.3. The van der Waals surface area contributed by atoms with Gasteiger partial charge in [0, 0.05) is 37.4 Å². The molecule has 0 N–H and O–H groups in total. The summed E-state index contributed by atoms with van der Waals surface area (Å²) in [5.41, 5.74) is 2.95. The molecule has 216 valence electrons. The first-order valence-electron chi connectivity index (χ1n) is 13.4. The van der Waals surface area contributed by atoms with Crippen molar-refractivity contribution >= 4 is 34.8 Å². The fourth-order valence-electron chi connectivity index (χ4n) is 4.53. The molecule has 4 aromatic rings. The summed E-state index contributed by atoms with van der Waals surface area (Å²) in [6.07, 6.45) is 3.47. The second-order valence-corrected chi connectivity index (χ2v) is 11.0. The van der Waals surface area contributed by atoms with Crippen molar-refractivity contribution < 1.29 is 19.1 Å². The number of carbonyl (C=O) groups excluding carboxylic acids is 2. The van der Waals surface area contributed by atoms with Crippen molar-refractivity contribution in [2.45, 2.75) is 32.9 Å². The van der Waals surface area contributed by atoms with Crippen LogP contribution in [0.5, 0.6) is 11.5 Å². The average Bonchev–Trinajstić information content (AvgIpc) is 3.64. The minimum absolute atomic E-state index is 0.0940. The molecule has 41 heavy (non-hydrogen) atoms. The Labute approximate surface area is 250 Å². The van der Waals surface area contributed by atoms with Crippen LogP contribution in [0, 0.1) is 0 Å². The molecule has 0 spiro atoms. The number of halogens is 1. The Morgan fingerprint density at radius 1 is 1.00 bits per heavy atom. The zero-order chi connectivity index (χ0) is 29.4. The maximum atomic E-state index is 13.3. The lowest BCUT2D eigenvalue weighted by Gasteiger charge is -2.23. The fraction of sp³-hybridized carbons (Fsp3) is 0.323. The van der Waals surface area contributed by atoms with Crippen LogP contribution >= 0.6 is 22.9 Å². The van der Waals surface area contributed by atoms with Gasteiger partial charge in [0.05, 0.1) is 37.9 Å². The van der Waals surface area contributed by atoms with E-state index in [4.69, 9.17) is 21.1 Å². The van der Waals surface area contributed by atoms with Crippen molar-refractivity contribution in [2.75, 3.05) is 34.4 Å². The van der Waals surface area contributed by atoms with E-state index < -0.39 is 0 Å². The van der Waals surface area contributed by atoms with Gasteiger partial charge in [0.2, 0.25) is 0 Å². The number of methoxy groups -OCH3 is 2. The van der Waals surface area contributed by atoms with Gasteiger partial charge in [0.25, 0.3) is 11.8 Å². The molecule has 0 fully saturated rings. The zero-order valence-electron chi connectivity index (χ0n) is 23.8. The normalized spacial score (nSPS) is 10.9. The lowest BCUT2D eigenvalue weighted by Crippen LogP contribution is -2.32. The first-order valence-corrected chi connectivity index (χ1v) is 14.7. The van der Waals surface area contributed by atoms with Gasteiger partial charge in [0.15, 0.2) is 11.5 Å². The van der Waals surface area contributed by atoms with Crippen LogP contribution in [0.3, 0.4) is 0 Å². The van der Waals surface area contributed by atoms with Gasteiger partial charge < -0.3 is 23.8 Å². The van der Waals surface area contributed by atoms with Gasteiger partial charge in [0.1, 0.15) is 10.7 Å². The molecular formula is C31H35ClN4O4S. The Morgan fingerprint density at radius 2 is 1.78 bits per heavy atom. The summed E-state index contributed by atoms with van der Waals surface area (Å²) in [6, 6.07) is 16.9. The third kappa shape index (κ3) is 7.48. The van der Waals surface area contributed by atoms with E-state index >= 15 is 0 Å². The number of rotatable bonds is 13. The van der Waals surface area contributed by atoms with E-state index in [9.17, 15) is 9.59 Å². The Hall–Kier alpha value is -3.82. The van der Waals surface area contributed by atoms with Crippen LogP contribution in [0.25, 0.3) is 0 Å². The Balaban J connectivity index is 1.39. The van der Waals surface area contributed by atoms with Crippen LogP contribution in [0.1, 0.15) is 50.5 Å². The van der Waals surface area contributed by atoms with Gasteiger partial charge in [-0.1, -0.05) is 36.7 Å². The number of ether oxygens (including phenoxy) is 2. The number of likely N-dealkylation sites (N-methyl/N-ethyl adjacent to an activating group) is 1. The van der Waals surface area contributed by atoms with Gasteiger partial charge in [-0.15, -0.1) is 11.3 Å². The SMILES string of the molecule is CCCN(Cc1cccn1Cc1nc(C(=O)N(C)CCc2ccc(OC)c(OC)c2)cs1)C(=O)c1ccccc1Cl. The molecule has 0 saturated carbocycles. The number of hydrogen-bond acceptors (Lipinski definition) is 6. The maximum Gasteiger partial charge on any atom is 0.273 e. The summed E-state index contributed by atoms with van der Waals surface area (Å²) >= 11 is 7.76. The molecule has 0 aliphatic heterocycles. The van der Waals surface area contributed by atoms with E-state index in [1.165, 1.54) is 11.3 Å². The van der Waals surface area contributed by atoms with E-state index in [2.05, 4.69) is 9.55 Å². The van der Waals surface area contributed by atoms with Gasteiger partial charge in [-0.3, -0.25) is 9.59 Å². The van der Waals surface area contributed by atoms with Crippen molar-refractivity contribution in [3.63, 3.8) is 0 Å². The molecule has 0 radical (unpaired) electrons. The van der Waals surface area contributed by atoms with Crippen molar-refractivity contribution in [1.82, 2.24) is 19.4 Å². The molecule has 2 amide bonds. The van der Waals surface area contributed by atoms with Crippen LogP contribution in [-0.4, -0.2) is 65.5 Å². The van der Waals surface area contributed by atoms with Crippen LogP contribution in [0.15, 0.2) is 66.2 Å². The first-order chi connectivity index (χ1) is 19.8. The molecule has 4 rings (SSSR count). The molecule has 2 heterocycles. The van der Waals surface area contributed by atoms with Crippen molar-refractivity contribution in [3.05, 3.63) is 98.7 Å². The lowest BCUT2D eigenvalue weighted by atomic mass is 10.1. The minimum atomic E-state index is -0.125. The van der Waals surface area contributed by atoms with E-state index in [0.717, 1.165) is 22.7 Å². The third-order valence-electron chi connectivity index (χ3n) is 6.77. The molecule has 0 bridgehead atoms. The molecular weight excluding hydrogens is 560 g/mol. The Morgan fingerprint density at radius 3 is 2.51 bits per heavy atom. The number of benzene rings is 2. The smallest absolute Gasteiger partial charge is 0.273 e. The highest BCUT2D eigenvalue weighted by Crippen LogP contribution is 2.28. The Bertz CT molecular complexity index is 1480. The van der Waals surface area contributed by atoms with Gasteiger partial charge >= 0.3 is 0 Å². The quantitative estimate of drug-likeness (QED) is 0.189. The molecule has 0 aliphatic carbocycles. The highest BCUT2D eigenvalue weighted by Gasteiger charge is 2.20. The van der Waals surface area contributed by atoms with Crippen LogP contribution in [0.4, 0.5) is 0 Å². The van der Waals surface area contributed by atoms with Crippen molar-refractivity contribution in [3.8, 4) is 11.5 Å². The topological polar surface area (TPSA) is 76.9 Å². The van der Waals surface area contributed by atoms with E-state index in [0.29, 0.717) is 60.4 Å². The highest BCUT2D eigenvalue weighted by molar-refractivity contribution is 7.09. The van der Waals surface area contributed by atoms with Crippen LogP contribution in [0.2, 0.25) is 5.02 Å². The molecule has 0 unspecified atom stereocenters. The summed E-state index contributed by atoms with van der Waals surface area (Å²) in [5.74, 6) is 1.12. The largest absolute Gasteiger partial charge is 0.493 e. The van der Waals surface area contributed by atoms with Gasteiger partial charge in [-0.2, -0.15) is 0 Å². The first kappa shape index (κ1) is 30.1. The van der Waals surface area contributed by atoms with Crippen LogP contribution < -0.4 is 9.47 Å². The van der Waals surface area contributed by atoms with Crippen molar-refractivity contribution in [1.29, 1.82) is 0 Å². The zero-order valence-corrected chi connectivity index (χ0v) is 25.4. The molecule has 2 aromatic heterocycles. The minimum Gasteiger partial charge on any atom is -0.493 e. The van der Waals surface area contributed by atoms with E-state index in [1.807, 2.05) is 60.5 Å². The fourth-order valence-corrected chi connectivity index (χ4v) is 5.51. The number of thiazole rings is 1. The number of carbonyl (C=O) groups is 2. The van der Waals surface area contributed by atoms with Gasteiger partial charge in [-0.25, -0.2) is 4.98 Å². The van der Waals surface area contributed by atoms with E-state index in [1.54, 1.807) is 43.7 Å². The highest BCUT2D eigenvalue weighted by atomic mass is 35.5. The molecule has 0 saturated heterocycles. The molecule has 0 aliphatic rings. The molecule has 2 aromatic carbocycles. The predicted molar refractivity (Wildman–Crippen MR) is 162 cm³/mol. The molecule has 10 heteroatoms. The second kappa shape index (κ2) is 14.2. The molecule has 0 atom stereocenters. The predicted octanol–water partition coefficient (Wildman–Crippen LogP) is 6.03. The summed E-state index contributed by atoms with van der Waals surface area (Å²) in [7, 11) is 4.99. The summed E-state index contributed by atoms with van der Waals surface area (Å²) in [4.78, 5) is 34.5. The van der Waals surface area contributed by atoms with Crippen molar-refractivity contribution in [2.24, 2.45) is 0 Å². The number of hydrogen-bond donors (Lipinski definition) is 0. The lowest BCUT2D eigenvalue weighted by molar-refractivity contribution is 0.0738. The second-order valence-electron chi connectivity index (χ2n) is 9.63. The Kier molecular flexibility index (Phi) is 10.4. The van der Waals surface area contributed by atoms with Crippen LogP contribution in [-0.2, 0) is 19.5 Å². The summed E-state index contributed by atoms with van der Waals surface area (Å²) < 4.78 is 12.8. The average molecular weight is 595 g/mol. The standard InChI is InChI=1S/C31H35ClN4O4S/c1-5-15-36(30(37)24-10-6-7-11-25(24)32)19-23-9-8-16-35(23)20-29-33-26(21-41-29)31(38)34(2)17-14-22-12-13-27(39-3)28(18-22)40-4/h6-13,16,18,21H,5,14-15,17,19-20H2,1-4H3.